The van der Waals surface area contributed by atoms with E-state index in [2.05, 4.69) is 37.7 Å². The second-order valence-corrected chi connectivity index (χ2v) is 4.07. The molecule has 2 aromatic rings. The van der Waals surface area contributed by atoms with Crippen molar-refractivity contribution < 1.29 is 4.52 Å². The predicted molar refractivity (Wildman–Crippen MR) is 72.2 cm³/mol. The fourth-order valence-electron chi connectivity index (χ4n) is 1.84. The lowest BCUT2D eigenvalue weighted by molar-refractivity contribution is 0.377. The van der Waals surface area contributed by atoms with Gasteiger partial charge in [-0.2, -0.15) is 4.98 Å². The summed E-state index contributed by atoms with van der Waals surface area (Å²) >= 11 is 0. The maximum atomic E-state index is 5.06. The number of anilines is 2. The molecule has 7 heteroatoms. The van der Waals surface area contributed by atoms with E-state index in [-0.39, 0.29) is 0 Å². The molecule has 2 N–H and O–H groups in total. The zero-order chi connectivity index (χ0) is 13.7. The molecular formula is C12H18N6O. The second-order valence-electron chi connectivity index (χ2n) is 4.07. The summed E-state index contributed by atoms with van der Waals surface area (Å²) in [7, 11) is 1.85. The van der Waals surface area contributed by atoms with Crippen LogP contribution in [-0.4, -0.2) is 33.7 Å². The minimum Gasteiger partial charge on any atom is -0.373 e. The molecule has 7 nitrogen and oxygen atoms in total. The number of hydrogen-bond acceptors (Lipinski definition) is 7. The Bertz CT molecular complexity index is 539. The first-order valence-electron chi connectivity index (χ1n) is 6.29. The quantitative estimate of drug-likeness (QED) is 0.813. The maximum absolute atomic E-state index is 5.06. The van der Waals surface area contributed by atoms with E-state index < -0.39 is 0 Å². The van der Waals surface area contributed by atoms with Crippen molar-refractivity contribution in [3.8, 4) is 0 Å². The summed E-state index contributed by atoms with van der Waals surface area (Å²) in [6.07, 6.45) is 3.08. The number of nitrogens with zero attached hydrogens (tertiary/aromatic N) is 4. The van der Waals surface area contributed by atoms with Gasteiger partial charge in [0, 0.05) is 25.6 Å². The Morgan fingerprint density at radius 1 is 1.26 bits per heavy atom. The zero-order valence-electron chi connectivity index (χ0n) is 11.4. The van der Waals surface area contributed by atoms with E-state index in [1.807, 2.05) is 7.05 Å². The van der Waals surface area contributed by atoms with Crippen molar-refractivity contribution in [2.24, 2.45) is 0 Å². The number of aryl methyl sites for hydroxylation is 1. The molecule has 2 aromatic heterocycles. The summed E-state index contributed by atoms with van der Waals surface area (Å²) in [6, 6.07) is 0. The molecule has 102 valence electrons. The Morgan fingerprint density at radius 3 is 2.68 bits per heavy atom. The smallest absolute Gasteiger partial charge is 0.228 e. The molecule has 0 aliphatic rings. The SMILES string of the molecule is CCc1c(NC)ncnc1NCCc1nc(C)no1. The Kier molecular flexibility index (Phi) is 4.27. The van der Waals surface area contributed by atoms with Gasteiger partial charge < -0.3 is 15.2 Å². The van der Waals surface area contributed by atoms with Gasteiger partial charge in [-0.3, -0.25) is 0 Å². The van der Waals surface area contributed by atoms with E-state index in [1.54, 1.807) is 13.3 Å². The van der Waals surface area contributed by atoms with Crippen molar-refractivity contribution in [3.63, 3.8) is 0 Å². The van der Waals surface area contributed by atoms with Crippen LogP contribution in [0.3, 0.4) is 0 Å². The highest BCUT2D eigenvalue weighted by Crippen LogP contribution is 2.19. The van der Waals surface area contributed by atoms with Gasteiger partial charge in [0.05, 0.1) is 0 Å². The third kappa shape index (κ3) is 3.18. The Labute approximate surface area is 111 Å². The zero-order valence-corrected chi connectivity index (χ0v) is 11.4. The molecule has 0 atom stereocenters. The first kappa shape index (κ1) is 13.3. The highest BCUT2D eigenvalue weighted by molar-refractivity contribution is 5.57. The summed E-state index contributed by atoms with van der Waals surface area (Å²) in [5.41, 5.74) is 1.08. The fourth-order valence-corrected chi connectivity index (χ4v) is 1.84. The first-order chi connectivity index (χ1) is 9.24. The molecular weight excluding hydrogens is 244 g/mol. The minimum absolute atomic E-state index is 0.631. The summed E-state index contributed by atoms with van der Waals surface area (Å²) in [6.45, 7) is 4.57. The standard InChI is InChI=1S/C12H18N6O/c1-4-9-11(13-3)15-7-16-12(9)14-6-5-10-17-8(2)18-19-10/h7H,4-6H2,1-3H3,(H2,13,14,15,16). The third-order valence-corrected chi connectivity index (χ3v) is 2.74. The summed E-state index contributed by atoms with van der Waals surface area (Å²) in [4.78, 5) is 12.6. The molecule has 0 radical (unpaired) electrons. The number of hydrogen-bond donors (Lipinski definition) is 2. The van der Waals surface area contributed by atoms with Crippen molar-refractivity contribution in [1.82, 2.24) is 20.1 Å². The highest BCUT2D eigenvalue weighted by Gasteiger charge is 2.09. The molecule has 19 heavy (non-hydrogen) atoms. The number of nitrogens with one attached hydrogen (secondary N) is 2. The largest absolute Gasteiger partial charge is 0.373 e. The molecule has 0 fully saturated rings. The normalized spacial score (nSPS) is 10.5. The third-order valence-electron chi connectivity index (χ3n) is 2.74. The van der Waals surface area contributed by atoms with Crippen molar-refractivity contribution in [2.45, 2.75) is 26.7 Å². The van der Waals surface area contributed by atoms with Crippen molar-refractivity contribution in [2.75, 3.05) is 24.2 Å². The molecule has 0 amide bonds. The van der Waals surface area contributed by atoms with Crippen LogP contribution in [0, 0.1) is 6.92 Å². The van der Waals surface area contributed by atoms with Gasteiger partial charge in [-0.15, -0.1) is 0 Å². The molecule has 2 rings (SSSR count). The predicted octanol–water partition coefficient (Wildman–Crippen LogP) is 1.43. The summed E-state index contributed by atoms with van der Waals surface area (Å²) in [5.74, 6) is 2.99. The maximum Gasteiger partial charge on any atom is 0.228 e. The van der Waals surface area contributed by atoms with Gasteiger partial charge >= 0.3 is 0 Å². The monoisotopic (exact) mass is 262 g/mol. The Hall–Kier alpha value is -2.18. The van der Waals surface area contributed by atoms with Crippen molar-refractivity contribution >= 4 is 11.6 Å². The van der Waals surface area contributed by atoms with Crippen LogP contribution in [0.4, 0.5) is 11.6 Å². The van der Waals surface area contributed by atoms with Crippen LogP contribution in [0.15, 0.2) is 10.9 Å². The highest BCUT2D eigenvalue weighted by atomic mass is 16.5. The van der Waals surface area contributed by atoms with Crippen LogP contribution in [0.5, 0.6) is 0 Å². The van der Waals surface area contributed by atoms with Crippen LogP contribution < -0.4 is 10.6 Å². The van der Waals surface area contributed by atoms with Crippen LogP contribution >= 0.6 is 0 Å². The van der Waals surface area contributed by atoms with Crippen LogP contribution in [0.1, 0.15) is 24.2 Å². The summed E-state index contributed by atoms with van der Waals surface area (Å²) < 4.78 is 5.06. The van der Waals surface area contributed by atoms with E-state index in [9.17, 15) is 0 Å². The van der Waals surface area contributed by atoms with Crippen LogP contribution in [-0.2, 0) is 12.8 Å². The van der Waals surface area contributed by atoms with Gasteiger partial charge in [0.15, 0.2) is 5.82 Å². The molecule has 0 saturated carbocycles. The van der Waals surface area contributed by atoms with Crippen LogP contribution in [0.2, 0.25) is 0 Å². The molecule has 2 heterocycles. The van der Waals surface area contributed by atoms with Crippen molar-refractivity contribution in [1.29, 1.82) is 0 Å². The topological polar surface area (TPSA) is 88.8 Å². The van der Waals surface area contributed by atoms with E-state index in [0.717, 1.165) is 23.6 Å². The molecule has 0 saturated heterocycles. The fraction of sp³-hybridized carbons (Fsp3) is 0.500. The van der Waals surface area contributed by atoms with E-state index in [4.69, 9.17) is 4.52 Å². The molecule has 0 aromatic carbocycles. The van der Waals surface area contributed by atoms with Gasteiger partial charge in [-0.05, 0) is 13.3 Å². The van der Waals surface area contributed by atoms with Gasteiger partial charge in [-0.1, -0.05) is 12.1 Å². The average Bonchev–Trinajstić information content (AvgIpc) is 2.84. The molecule has 0 aliphatic heterocycles. The van der Waals surface area contributed by atoms with Gasteiger partial charge in [0.1, 0.15) is 18.0 Å². The average molecular weight is 262 g/mol. The first-order valence-corrected chi connectivity index (χ1v) is 6.29. The lowest BCUT2D eigenvalue weighted by atomic mass is 10.2. The lowest BCUT2D eigenvalue weighted by Gasteiger charge is -2.11. The lowest BCUT2D eigenvalue weighted by Crippen LogP contribution is -2.11. The van der Waals surface area contributed by atoms with E-state index in [1.165, 1.54) is 0 Å². The number of aromatic nitrogens is 4. The van der Waals surface area contributed by atoms with Gasteiger partial charge in [-0.25, -0.2) is 9.97 Å². The second kappa shape index (κ2) is 6.12. The molecule has 0 bridgehead atoms. The van der Waals surface area contributed by atoms with Gasteiger partial charge in [0.25, 0.3) is 0 Å². The minimum atomic E-state index is 0.631. The molecule has 0 spiro atoms. The Morgan fingerprint density at radius 2 is 2.05 bits per heavy atom. The van der Waals surface area contributed by atoms with E-state index in [0.29, 0.717) is 24.7 Å². The molecule has 0 unspecified atom stereocenters. The number of rotatable bonds is 6. The van der Waals surface area contributed by atoms with Crippen LogP contribution in [0.25, 0.3) is 0 Å². The van der Waals surface area contributed by atoms with Crippen molar-refractivity contribution in [3.05, 3.63) is 23.6 Å². The molecule has 0 aliphatic carbocycles. The summed E-state index contributed by atoms with van der Waals surface area (Å²) in [5, 5.41) is 10.1. The Balaban J connectivity index is 1.99. The van der Waals surface area contributed by atoms with Gasteiger partial charge in [0.2, 0.25) is 5.89 Å². The van der Waals surface area contributed by atoms with E-state index >= 15 is 0 Å².